The summed E-state index contributed by atoms with van der Waals surface area (Å²) in [5.74, 6) is 0.0261. The van der Waals surface area contributed by atoms with Gasteiger partial charge in [0.15, 0.2) is 5.65 Å². The molecule has 36 heavy (non-hydrogen) atoms. The molecule has 1 aliphatic heterocycles. The second-order valence-corrected chi connectivity index (χ2v) is 11.1. The molecule has 0 bridgehead atoms. The van der Waals surface area contributed by atoms with Crippen molar-refractivity contribution in [2.45, 2.75) is 40.2 Å². The van der Waals surface area contributed by atoms with E-state index in [-0.39, 0.29) is 11.9 Å². The quantitative estimate of drug-likeness (QED) is 0.367. The van der Waals surface area contributed by atoms with Gasteiger partial charge in [-0.15, -0.1) is 11.3 Å². The Kier molecular flexibility index (Phi) is 6.50. The number of thiophene rings is 1. The molecule has 1 saturated heterocycles. The first kappa shape index (κ1) is 24.0. The summed E-state index contributed by atoms with van der Waals surface area (Å²) in [5, 5.41) is 14.5. The number of hydrogen-bond acceptors (Lipinski definition) is 6. The molecule has 0 atom stereocenters. The van der Waals surface area contributed by atoms with Gasteiger partial charge in [0.2, 0.25) is 0 Å². The second-order valence-electron chi connectivity index (χ2n) is 9.59. The van der Waals surface area contributed by atoms with E-state index < -0.39 is 0 Å². The Morgan fingerprint density at radius 2 is 1.86 bits per heavy atom. The Balaban J connectivity index is 1.48. The van der Waals surface area contributed by atoms with E-state index in [1.165, 1.54) is 9.75 Å². The number of carbonyl (C=O) groups is 1. The van der Waals surface area contributed by atoms with Gasteiger partial charge >= 0.3 is 0 Å². The Labute approximate surface area is 215 Å². The molecule has 3 aromatic heterocycles. The van der Waals surface area contributed by atoms with Gasteiger partial charge < -0.3 is 9.80 Å². The van der Waals surface area contributed by atoms with E-state index in [0.717, 1.165) is 47.5 Å². The molecule has 7 nitrogen and oxygen atoms in total. The van der Waals surface area contributed by atoms with Crippen molar-refractivity contribution in [2.75, 3.05) is 31.1 Å². The van der Waals surface area contributed by atoms with E-state index in [4.69, 9.17) is 10.2 Å². The lowest BCUT2D eigenvalue weighted by atomic mass is 10.1. The number of hydrogen-bond donors (Lipinski definition) is 0. The molecule has 4 heterocycles. The fourth-order valence-corrected chi connectivity index (χ4v) is 5.83. The average Bonchev–Trinajstić information content (AvgIpc) is 3.36. The van der Waals surface area contributed by atoms with Crippen LogP contribution in [0, 0.1) is 25.2 Å². The third-order valence-corrected chi connectivity index (χ3v) is 7.71. The topological polar surface area (TPSA) is 78.0 Å². The predicted molar refractivity (Wildman–Crippen MR) is 145 cm³/mol. The monoisotopic (exact) mass is 498 g/mol. The van der Waals surface area contributed by atoms with E-state index in [0.29, 0.717) is 24.2 Å². The van der Waals surface area contributed by atoms with Crippen molar-refractivity contribution in [2.24, 2.45) is 0 Å². The molecule has 4 aromatic rings. The summed E-state index contributed by atoms with van der Waals surface area (Å²) in [6, 6.07) is 14.1. The third-order valence-electron chi connectivity index (χ3n) is 6.75. The summed E-state index contributed by atoms with van der Waals surface area (Å²) >= 11 is 1.75. The van der Waals surface area contributed by atoms with Crippen LogP contribution in [0.4, 0.5) is 5.69 Å². The summed E-state index contributed by atoms with van der Waals surface area (Å²) < 4.78 is 1.90. The first-order chi connectivity index (χ1) is 17.4. The lowest BCUT2D eigenvalue weighted by Crippen LogP contribution is -2.35. The molecular formula is C28H30N6OS. The van der Waals surface area contributed by atoms with Crippen LogP contribution in [-0.2, 0) is 0 Å². The maximum atomic E-state index is 14.0. The number of aromatic nitrogens is 3. The van der Waals surface area contributed by atoms with Crippen LogP contribution in [0.15, 0.2) is 42.6 Å². The Bertz CT molecular complexity index is 1460. The lowest BCUT2D eigenvalue weighted by molar-refractivity contribution is 0.0769. The van der Waals surface area contributed by atoms with Gasteiger partial charge in [0, 0.05) is 53.2 Å². The standard InChI is InChI=1S/C28H30N6OS/c1-18(2)34-27-25(17-30-34)24(15-26(31-27)23-14-19(3)36-20(23)4)28(35)33-11-5-10-32(12-13-33)22-8-6-21(16-29)7-9-22/h6-9,14-15,17-18H,5,10-13H2,1-4H3. The number of benzene rings is 1. The molecular weight excluding hydrogens is 468 g/mol. The summed E-state index contributed by atoms with van der Waals surface area (Å²) in [6.45, 7) is 11.3. The first-order valence-electron chi connectivity index (χ1n) is 12.4. The first-order valence-corrected chi connectivity index (χ1v) is 13.2. The van der Waals surface area contributed by atoms with Gasteiger partial charge in [-0.3, -0.25) is 4.79 Å². The minimum Gasteiger partial charge on any atom is -0.370 e. The fraction of sp³-hybridized carbons (Fsp3) is 0.357. The largest absolute Gasteiger partial charge is 0.370 e. The zero-order valence-corrected chi connectivity index (χ0v) is 22.0. The number of fused-ring (bicyclic) bond motifs is 1. The van der Waals surface area contributed by atoms with Gasteiger partial charge in [0.05, 0.1) is 34.5 Å². The molecule has 0 saturated carbocycles. The second kappa shape index (κ2) is 9.75. The van der Waals surface area contributed by atoms with Crippen LogP contribution in [0.1, 0.15) is 52.0 Å². The van der Waals surface area contributed by atoms with Crippen molar-refractivity contribution in [3.63, 3.8) is 0 Å². The summed E-state index contributed by atoms with van der Waals surface area (Å²) in [4.78, 5) is 25.6. The lowest BCUT2D eigenvalue weighted by Gasteiger charge is -2.24. The van der Waals surface area contributed by atoms with Gasteiger partial charge in [0.25, 0.3) is 5.91 Å². The van der Waals surface area contributed by atoms with E-state index in [9.17, 15) is 4.79 Å². The van der Waals surface area contributed by atoms with Crippen molar-refractivity contribution >= 4 is 34.0 Å². The molecule has 1 aromatic carbocycles. The number of rotatable bonds is 4. The average molecular weight is 499 g/mol. The van der Waals surface area contributed by atoms with Crippen LogP contribution in [0.25, 0.3) is 22.3 Å². The van der Waals surface area contributed by atoms with Crippen LogP contribution in [-0.4, -0.2) is 51.8 Å². The molecule has 8 heteroatoms. The molecule has 0 radical (unpaired) electrons. The number of pyridine rings is 1. The van der Waals surface area contributed by atoms with Gasteiger partial charge in [-0.05, 0) is 70.5 Å². The number of nitrogens with zero attached hydrogens (tertiary/aromatic N) is 6. The number of nitriles is 1. The Hall–Kier alpha value is -3.70. The van der Waals surface area contributed by atoms with Crippen molar-refractivity contribution in [3.05, 3.63) is 63.5 Å². The van der Waals surface area contributed by atoms with Crippen molar-refractivity contribution in [1.29, 1.82) is 5.26 Å². The highest BCUT2D eigenvalue weighted by molar-refractivity contribution is 7.12. The number of anilines is 1. The summed E-state index contributed by atoms with van der Waals surface area (Å²) in [5.41, 5.74) is 5.05. The maximum absolute atomic E-state index is 14.0. The van der Waals surface area contributed by atoms with Gasteiger partial charge in [-0.1, -0.05) is 0 Å². The number of carbonyl (C=O) groups excluding carboxylic acids is 1. The zero-order chi connectivity index (χ0) is 25.4. The molecule has 0 spiro atoms. The third kappa shape index (κ3) is 4.47. The summed E-state index contributed by atoms with van der Waals surface area (Å²) in [6.07, 6.45) is 2.66. The minimum atomic E-state index is 0.0261. The zero-order valence-electron chi connectivity index (χ0n) is 21.2. The Morgan fingerprint density at radius 1 is 1.08 bits per heavy atom. The Morgan fingerprint density at radius 3 is 2.53 bits per heavy atom. The van der Waals surface area contributed by atoms with Crippen LogP contribution < -0.4 is 4.90 Å². The smallest absolute Gasteiger partial charge is 0.254 e. The molecule has 0 N–H and O–H groups in total. The highest BCUT2D eigenvalue weighted by Gasteiger charge is 2.25. The fourth-order valence-electron chi connectivity index (χ4n) is 4.89. The molecule has 184 valence electrons. The van der Waals surface area contributed by atoms with Crippen LogP contribution >= 0.6 is 11.3 Å². The van der Waals surface area contributed by atoms with E-state index in [1.807, 2.05) is 39.9 Å². The van der Waals surface area contributed by atoms with Crippen molar-refractivity contribution < 1.29 is 4.79 Å². The van der Waals surface area contributed by atoms with Crippen LogP contribution in [0.2, 0.25) is 0 Å². The molecule has 1 fully saturated rings. The van der Waals surface area contributed by atoms with E-state index in [1.54, 1.807) is 17.5 Å². The van der Waals surface area contributed by atoms with Crippen LogP contribution in [0.5, 0.6) is 0 Å². The normalized spacial score (nSPS) is 14.3. The van der Waals surface area contributed by atoms with Crippen LogP contribution in [0.3, 0.4) is 0 Å². The van der Waals surface area contributed by atoms with Gasteiger partial charge in [-0.2, -0.15) is 10.4 Å². The van der Waals surface area contributed by atoms with E-state index >= 15 is 0 Å². The predicted octanol–water partition coefficient (Wildman–Crippen LogP) is 5.58. The highest BCUT2D eigenvalue weighted by Crippen LogP contribution is 2.33. The summed E-state index contributed by atoms with van der Waals surface area (Å²) in [7, 11) is 0. The SMILES string of the molecule is Cc1cc(-c2cc(C(=O)N3CCCN(c4ccc(C#N)cc4)CC3)c3cnn(C(C)C)c3n2)c(C)s1. The molecule has 5 rings (SSSR count). The van der Waals surface area contributed by atoms with Gasteiger partial charge in [0.1, 0.15) is 0 Å². The number of aryl methyl sites for hydroxylation is 2. The molecule has 1 amide bonds. The highest BCUT2D eigenvalue weighted by atomic mass is 32.1. The van der Waals surface area contributed by atoms with E-state index in [2.05, 4.69) is 49.8 Å². The molecule has 1 aliphatic rings. The molecule has 0 aliphatic carbocycles. The maximum Gasteiger partial charge on any atom is 0.254 e. The minimum absolute atomic E-state index is 0.0261. The molecule has 0 unspecified atom stereocenters. The van der Waals surface area contributed by atoms with Crippen molar-refractivity contribution in [3.8, 4) is 17.3 Å². The van der Waals surface area contributed by atoms with Gasteiger partial charge in [-0.25, -0.2) is 9.67 Å². The van der Waals surface area contributed by atoms with Crippen molar-refractivity contribution in [1.82, 2.24) is 19.7 Å². The number of amides is 1.